The Morgan fingerprint density at radius 3 is 2.59 bits per heavy atom. The number of nitrogens with zero attached hydrogens (tertiary/aromatic N) is 1. The SMILES string of the molecule is Cc1ccccc1-n1[nH]c(=O)c2cccc(NC(=O)c3csc4ccccc34)c21. The number of aryl methyl sites for hydroxylation is 1. The summed E-state index contributed by atoms with van der Waals surface area (Å²) < 4.78 is 2.81. The molecule has 142 valence electrons. The van der Waals surface area contributed by atoms with Crippen LogP contribution >= 0.6 is 11.3 Å². The average Bonchev–Trinajstić information content (AvgIpc) is 3.31. The molecule has 5 rings (SSSR count). The number of carbonyl (C=O) groups is 1. The second-order valence-corrected chi connectivity index (χ2v) is 7.78. The minimum absolute atomic E-state index is 0.194. The van der Waals surface area contributed by atoms with Crippen molar-refractivity contribution in [1.82, 2.24) is 9.78 Å². The van der Waals surface area contributed by atoms with Crippen LogP contribution in [0.2, 0.25) is 0 Å². The topological polar surface area (TPSA) is 66.9 Å². The lowest BCUT2D eigenvalue weighted by molar-refractivity contribution is 0.102. The van der Waals surface area contributed by atoms with Gasteiger partial charge in [-0.2, -0.15) is 0 Å². The predicted octanol–water partition coefficient (Wildman–Crippen LogP) is 5.09. The molecule has 0 saturated heterocycles. The number of fused-ring (bicyclic) bond motifs is 2. The van der Waals surface area contributed by atoms with E-state index >= 15 is 0 Å². The van der Waals surface area contributed by atoms with Crippen molar-refractivity contribution in [3.63, 3.8) is 0 Å². The first-order chi connectivity index (χ1) is 14.1. The molecule has 5 nitrogen and oxygen atoms in total. The fourth-order valence-corrected chi connectivity index (χ4v) is 4.57. The van der Waals surface area contributed by atoms with E-state index in [1.54, 1.807) is 28.2 Å². The summed E-state index contributed by atoms with van der Waals surface area (Å²) in [6.07, 6.45) is 0. The Balaban J connectivity index is 1.65. The van der Waals surface area contributed by atoms with Gasteiger partial charge in [-0.3, -0.25) is 19.4 Å². The number of hydrogen-bond donors (Lipinski definition) is 2. The molecule has 0 spiro atoms. The molecule has 2 heterocycles. The maximum absolute atomic E-state index is 13.1. The van der Waals surface area contributed by atoms with E-state index in [2.05, 4.69) is 10.4 Å². The second-order valence-electron chi connectivity index (χ2n) is 6.86. The summed E-state index contributed by atoms with van der Waals surface area (Å²) >= 11 is 1.54. The highest BCUT2D eigenvalue weighted by molar-refractivity contribution is 7.17. The highest BCUT2D eigenvalue weighted by atomic mass is 32.1. The molecule has 2 N–H and O–H groups in total. The van der Waals surface area contributed by atoms with E-state index in [9.17, 15) is 9.59 Å². The van der Waals surface area contributed by atoms with Gasteiger partial charge in [0, 0.05) is 15.5 Å². The van der Waals surface area contributed by atoms with Gasteiger partial charge in [0.25, 0.3) is 11.5 Å². The summed E-state index contributed by atoms with van der Waals surface area (Å²) in [6, 6.07) is 21.0. The van der Waals surface area contributed by atoms with Gasteiger partial charge in [-0.1, -0.05) is 42.5 Å². The number of aromatic nitrogens is 2. The highest BCUT2D eigenvalue weighted by Gasteiger charge is 2.17. The number of benzene rings is 3. The average molecular weight is 399 g/mol. The Kier molecular flexibility index (Phi) is 4.07. The Morgan fingerprint density at radius 2 is 1.72 bits per heavy atom. The zero-order valence-electron chi connectivity index (χ0n) is 15.6. The van der Waals surface area contributed by atoms with E-state index in [1.165, 1.54) is 0 Å². The van der Waals surface area contributed by atoms with E-state index in [-0.39, 0.29) is 11.5 Å². The first-order valence-electron chi connectivity index (χ1n) is 9.21. The first-order valence-corrected chi connectivity index (χ1v) is 10.1. The number of para-hydroxylation sites is 2. The normalized spacial score (nSPS) is 11.2. The minimum Gasteiger partial charge on any atom is -0.320 e. The highest BCUT2D eigenvalue weighted by Crippen LogP contribution is 2.29. The molecule has 0 saturated carbocycles. The van der Waals surface area contributed by atoms with Gasteiger partial charge < -0.3 is 5.32 Å². The van der Waals surface area contributed by atoms with Crippen LogP contribution in [0.5, 0.6) is 0 Å². The first kappa shape index (κ1) is 17.5. The van der Waals surface area contributed by atoms with Crippen LogP contribution in [0.1, 0.15) is 15.9 Å². The number of hydrogen-bond acceptors (Lipinski definition) is 3. The maximum Gasteiger partial charge on any atom is 0.272 e. The zero-order valence-corrected chi connectivity index (χ0v) is 16.4. The summed E-state index contributed by atoms with van der Waals surface area (Å²) in [6.45, 7) is 1.98. The van der Waals surface area contributed by atoms with Crippen molar-refractivity contribution in [2.24, 2.45) is 0 Å². The number of amides is 1. The lowest BCUT2D eigenvalue weighted by Gasteiger charge is -2.12. The van der Waals surface area contributed by atoms with E-state index in [0.717, 1.165) is 21.3 Å². The number of anilines is 1. The summed E-state index contributed by atoms with van der Waals surface area (Å²) in [5.74, 6) is -0.195. The van der Waals surface area contributed by atoms with Gasteiger partial charge in [-0.25, -0.2) is 0 Å². The molecule has 0 atom stereocenters. The molecular formula is C23H17N3O2S. The Morgan fingerprint density at radius 1 is 0.966 bits per heavy atom. The molecule has 0 aliphatic heterocycles. The third-order valence-electron chi connectivity index (χ3n) is 5.05. The number of thiophene rings is 1. The molecule has 0 bridgehead atoms. The van der Waals surface area contributed by atoms with Gasteiger partial charge in [-0.05, 0) is 36.8 Å². The molecule has 29 heavy (non-hydrogen) atoms. The fraction of sp³-hybridized carbons (Fsp3) is 0.0435. The van der Waals surface area contributed by atoms with Crippen LogP contribution < -0.4 is 10.9 Å². The molecule has 5 aromatic rings. The van der Waals surface area contributed by atoms with Gasteiger partial charge >= 0.3 is 0 Å². The summed E-state index contributed by atoms with van der Waals surface area (Å²) in [5, 5.41) is 9.23. The van der Waals surface area contributed by atoms with E-state index in [1.807, 2.05) is 66.9 Å². The number of nitrogens with one attached hydrogen (secondary N) is 2. The van der Waals surface area contributed by atoms with E-state index < -0.39 is 0 Å². The van der Waals surface area contributed by atoms with Crippen molar-refractivity contribution in [2.75, 3.05) is 5.32 Å². The minimum atomic E-state index is -0.195. The van der Waals surface area contributed by atoms with Gasteiger partial charge in [-0.15, -0.1) is 11.3 Å². The second kappa shape index (κ2) is 6.76. The van der Waals surface area contributed by atoms with Crippen LogP contribution in [-0.2, 0) is 0 Å². The molecular weight excluding hydrogens is 382 g/mol. The summed E-state index contributed by atoms with van der Waals surface area (Å²) in [5.41, 5.74) is 3.56. The van der Waals surface area contributed by atoms with Crippen LogP contribution in [0, 0.1) is 6.92 Å². The van der Waals surface area contributed by atoms with Gasteiger partial charge in [0.15, 0.2) is 0 Å². The standard InChI is InChI=1S/C23H17N3O2S/c1-14-7-2-4-11-19(14)26-21-16(23(28)25-26)9-6-10-18(21)24-22(27)17-13-29-20-12-5-3-8-15(17)20/h2-13H,1H3,(H,24,27)(H,25,28). The zero-order chi connectivity index (χ0) is 20.0. The molecule has 0 fully saturated rings. The molecule has 2 aromatic heterocycles. The van der Waals surface area contributed by atoms with Crippen molar-refractivity contribution >= 4 is 43.9 Å². The lowest BCUT2D eigenvalue weighted by Crippen LogP contribution is -2.12. The summed E-state index contributed by atoms with van der Waals surface area (Å²) in [4.78, 5) is 25.6. The Labute approximate surface area is 170 Å². The molecule has 0 unspecified atom stereocenters. The van der Waals surface area contributed by atoms with Crippen molar-refractivity contribution in [1.29, 1.82) is 0 Å². The fourth-order valence-electron chi connectivity index (χ4n) is 3.62. The summed E-state index contributed by atoms with van der Waals surface area (Å²) in [7, 11) is 0. The van der Waals surface area contributed by atoms with Gasteiger partial charge in [0.05, 0.1) is 27.8 Å². The van der Waals surface area contributed by atoms with Crippen LogP contribution in [0.3, 0.4) is 0 Å². The number of carbonyl (C=O) groups excluding carboxylic acids is 1. The largest absolute Gasteiger partial charge is 0.320 e. The maximum atomic E-state index is 13.1. The van der Waals surface area contributed by atoms with Crippen molar-refractivity contribution in [3.8, 4) is 5.69 Å². The van der Waals surface area contributed by atoms with Crippen LogP contribution in [-0.4, -0.2) is 15.7 Å². The number of rotatable bonds is 3. The van der Waals surface area contributed by atoms with Gasteiger partial charge in [0.1, 0.15) is 0 Å². The monoisotopic (exact) mass is 399 g/mol. The number of H-pyrrole nitrogens is 1. The van der Waals surface area contributed by atoms with E-state index in [0.29, 0.717) is 22.2 Å². The molecule has 6 heteroatoms. The molecule has 0 aliphatic carbocycles. The van der Waals surface area contributed by atoms with E-state index in [4.69, 9.17) is 0 Å². The smallest absolute Gasteiger partial charge is 0.272 e. The Hall–Kier alpha value is -3.64. The van der Waals surface area contributed by atoms with Crippen LogP contribution in [0.15, 0.2) is 76.9 Å². The molecule has 0 radical (unpaired) electrons. The quantitative estimate of drug-likeness (QED) is 0.443. The van der Waals surface area contributed by atoms with Crippen LogP contribution in [0.25, 0.3) is 26.7 Å². The molecule has 0 aliphatic rings. The van der Waals surface area contributed by atoms with Crippen molar-refractivity contribution < 1.29 is 4.79 Å². The predicted molar refractivity (Wildman–Crippen MR) is 118 cm³/mol. The van der Waals surface area contributed by atoms with Gasteiger partial charge in [0.2, 0.25) is 0 Å². The van der Waals surface area contributed by atoms with Crippen molar-refractivity contribution in [2.45, 2.75) is 6.92 Å². The Bertz CT molecular complexity index is 1440. The lowest BCUT2D eigenvalue weighted by atomic mass is 10.1. The number of aromatic amines is 1. The third-order valence-corrected chi connectivity index (χ3v) is 6.01. The third kappa shape index (κ3) is 2.85. The van der Waals surface area contributed by atoms with Crippen LogP contribution in [0.4, 0.5) is 5.69 Å². The van der Waals surface area contributed by atoms with Crippen molar-refractivity contribution in [3.05, 3.63) is 93.6 Å². The molecule has 1 amide bonds. The molecule has 3 aromatic carbocycles.